The maximum Gasteiger partial charge on any atom is 0.241 e. The molecule has 2 aromatic rings. The summed E-state index contributed by atoms with van der Waals surface area (Å²) < 4.78 is 27.7. The lowest BCUT2D eigenvalue weighted by Gasteiger charge is -2.18. The normalized spacial score (nSPS) is 13.1. The van der Waals surface area contributed by atoms with Gasteiger partial charge in [0.2, 0.25) is 10.0 Å². The predicted molar refractivity (Wildman–Crippen MR) is 90.6 cm³/mol. The van der Waals surface area contributed by atoms with Crippen molar-refractivity contribution in [2.75, 3.05) is 0 Å². The van der Waals surface area contributed by atoms with Crippen molar-refractivity contribution < 1.29 is 8.42 Å². The highest BCUT2D eigenvalue weighted by molar-refractivity contribution is 7.89. The second-order valence-electron chi connectivity index (χ2n) is 5.95. The van der Waals surface area contributed by atoms with E-state index in [1.165, 1.54) is 11.1 Å². The molecule has 3 nitrogen and oxygen atoms in total. The van der Waals surface area contributed by atoms with E-state index < -0.39 is 10.0 Å². The van der Waals surface area contributed by atoms with Gasteiger partial charge in [0.1, 0.15) is 0 Å². The highest BCUT2D eigenvalue weighted by Crippen LogP contribution is 2.23. The lowest BCUT2D eigenvalue weighted by atomic mass is 9.97. The largest absolute Gasteiger partial charge is 0.241 e. The van der Waals surface area contributed by atoms with E-state index in [2.05, 4.69) is 23.8 Å². The van der Waals surface area contributed by atoms with Crippen LogP contribution in [0.3, 0.4) is 0 Å². The maximum atomic E-state index is 12.5. The van der Waals surface area contributed by atoms with Gasteiger partial charge in [-0.1, -0.05) is 29.8 Å². The summed E-state index contributed by atoms with van der Waals surface area (Å²) in [7, 11) is -3.51. The Kier molecular flexibility index (Phi) is 4.73. The van der Waals surface area contributed by atoms with Crippen molar-refractivity contribution in [3.63, 3.8) is 0 Å². The average Bonchev–Trinajstić information content (AvgIpc) is 2.42. The lowest BCUT2D eigenvalue weighted by Crippen LogP contribution is -2.27. The van der Waals surface area contributed by atoms with Gasteiger partial charge in [0.15, 0.2) is 0 Å². The topological polar surface area (TPSA) is 46.2 Å². The minimum atomic E-state index is -3.51. The van der Waals surface area contributed by atoms with Crippen LogP contribution in [-0.4, -0.2) is 8.42 Å². The van der Waals surface area contributed by atoms with Gasteiger partial charge in [0, 0.05) is 6.04 Å². The van der Waals surface area contributed by atoms with Crippen molar-refractivity contribution >= 4 is 10.0 Å². The molecule has 2 rings (SSSR count). The number of hydrogen-bond donors (Lipinski definition) is 1. The third kappa shape index (κ3) is 3.57. The molecule has 0 amide bonds. The van der Waals surface area contributed by atoms with E-state index in [-0.39, 0.29) is 6.04 Å². The van der Waals surface area contributed by atoms with E-state index in [4.69, 9.17) is 0 Å². The number of benzene rings is 2. The molecule has 0 fully saturated rings. The van der Waals surface area contributed by atoms with Crippen molar-refractivity contribution in [3.8, 4) is 0 Å². The van der Waals surface area contributed by atoms with Gasteiger partial charge in [0.25, 0.3) is 0 Å². The highest BCUT2D eigenvalue weighted by Gasteiger charge is 2.19. The highest BCUT2D eigenvalue weighted by atomic mass is 32.2. The molecular formula is C18H23NO2S. The van der Waals surface area contributed by atoms with Crippen LogP contribution in [0.2, 0.25) is 0 Å². The quantitative estimate of drug-likeness (QED) is 0.928. The second kappa shape index (κ2) is 6.23. The Morgan fingerprint density at radius 1 is 0.864 bits per heavy atom. The number of aryl methyl sites for hydroxylation is 4. The molecule has 0 saturated heterocycles. The minimum absolute atomic E-state index is 0.273. The standard InChI is InChI=1S/C18H23NO2S/c1-12-6-8-17(9-7-12)22(20,21)19-16(5)18-11-14(3)13(2)10-15(18)4/h6-11,16,19H,1-5H3/t16-/m0/s1. The molecule has 0 aliphatic rings. The summed E-state index contributed by atoms with van der Waals surface area (Å²) in [6, 6.07) is 10.8. The first-order valence-electron chi connectivity index (χ1n) is 7.37. The monoisotopic (exact) mass is 317 g/mol. The molecule has 0 aromatic heterocycles. The fourth-order valence-electron chi connectivity index (χ4n) is 2.53. The first kappa shape index (κ1) is 16.7. The Morgan fingerprint density at radius 2 is 1.41 bits per heavy atom. The number of rotatable bonds is 4. The summed E-state index contributed by atoms with van der Waals surface area (Å²) in [4.78, 5) is 0.298. The van der Waals surface area contributed by atoms with Gasteiger partial charge in [-0.05, 0) is 69.0 Å². The zero-order valence-electron chi connectivity index (χ0n) is 13.8. The molecule has 0 aliphatic heterocycles. The predicted octanol–water partition coefficient (Wildman–Crippen LogP) is 3.96. The molecule has 0 radical (unpaired) electrons. The zero-order valence-corrected chi connectivity index (χ0v) is 14.6. The first-order chi connectivity index (χ1) is 10.2. The molecular weight excluding hydrogens is 294 g/mol. The van der Waals surface area contributed by atoms with Gasteiger partial charge in [-0.3, -0.25) is 0 Å². The van der Waals surface area contributed by atoms with E-state index in [0.717, 1.165) is 16.7 Å². The third-order valence-corrected chi connectivity index (χ3v) is 5.57. The van der Waals surface area contributed by atoms with Crippen molar-refractivity contribution in [3.05, 3.63) is 64.2 Å². The summed E-state index contributed by atoms with van der Waals surface area (Å²) >= 11 is 0. The maximum absolute atomic E-state index is 12.5. The van der Waals surface area contributed by atoms with Gasteiger partial charge >= 0.3 is 0 Å². The van der Waals surface area contributed by atoms with Crippen LogP contribution in [0.4, 0.5) is 0 Å². The molecule has 0 heterocycles. The molecule has 0 spiro atoms. The lowest BCUT2D eigenvalue weighted by molar-refractivity contribution is 0.566. The van der Waals surface area contributed by atoms with Gasteiger partial charge in [-0.15, -0.1) is 0 Å². The van der Waals surface area contributed by atoms with Crippen LogP contribution < -0.4 is 4.72 Å². The van der Waals surface area contributed by atoms with Crippen molar-refractivity contribution in [2.45, 2.75) is 45.6 Å². The smallest absolute Gasteiger partial charge is 0.207 e. The van der Waals surface area contributed by atoms with E-state index in [1.807, 2.05) is 27.7 Å². The molecule has 118 valence electrons. The molecule has 0 unspecified atom stereocenters. The van der Waals surface area contributed by atoms with Crippen molar-refractivity contribution in [1.29, 1.82) is 0 Å². The van der Waals surface area contributed by atoms with Crippen molar-refractivity contribution in [2.24, 2.45) is 0 Å². The summed E-state index contributed by atoms with van der Waals surface area (Å²) in [5.74, 6) is 0. The first-order valence-corrected chi connectivity index (χ1v) is 8.86. The summed E-state index contributed by atoms with van der Waals surface area (Å²) in [5, 5.41) is 0. The van der Waals surface area contributed by atoms with E-state index >= 15 is 0 Å². The van der Waals surface area contributed by atoms with E-state index in [1.54, 1.807) is 24.3 Å². The van der Waals surface area contributed by atoms with Crippen LogP contribution in [0.25, 0.3) is 0 Å². The molecule has 1 atom stereocenters. The van der Waals surface area contributed by atoms with Crippen LogP contribution in [-0.2, 0) is 10.0 Å². The van der Waals surface area contributed by atoms with Gasteiger partial charge in [0.05, 0.1) is 4.90 Å². The van der Waals surface area contributed by atoms with Crippen LogP contribution in [0.5, 0.6) is 0 Å². The van der Waals surface area contributed by atoms with Gasteiger partial charge in [-0.2, -0.15) is 0 Å². The minimum Gasteiger partial charge on any atom is -0.207 e. The summed E-state index contributed by atoms with van der Waals surface area (Å²) in [6.45, 7) is 9.93. The Labute approximate surface area is 133 Å². The number of sulfonamides is 1. The van der Waals surface area contributed by atoms with E-state index in [0.29, 0.717) is 4.90 Å². The fourth-order valence-corrected chi connectivity index (χ4v) is 3.75. The average molecular weight is 317 g/mol. The molecule has 4 heteroatoms. The molecule has 2 aromatic carbocycles. The third-order valence-electron chi connectivity index (χ3n) is 4.01. The molecule has 1 N–H and O–H groups in total. The van der Waals surface area contributed by atoms with Gasteiger partial charge in [-0.25, -0.2) is 13.1 Å². The Bertz CT molecular complexity index is 777. The SMILES string of the molecule is Cc1ccc(S(=O)(=O)N[C@@H](C)c2cc(C)c(C)cc2C)cc1. The molecule has 0 aliphatic carbocycles. The van der Waals surface area contributed by atoms with Crippen LogP contribution in [0.15, 0.2) is 41.3 Å². The summed E-state index contributed by atoms with van der Waals surface area (Å²) in [5.41, 5.74) is 5.54. The molecule has 22 heavy (non-hydrogen) atoms. The van der Waals surface area contributed by atoms with Gasteiger partial charge < -0.3 is 0 Å². The summed E-state index contributed by atoms with van der Waals surface area (Å²) in [6.07, 6.45) is 0. The Balaban J connectivity index is 2.30. The molecule has 0 bridgehead atoms. The van der Waals surface area contributed by atoms with Crippen LogP contribution in [0.1, 0.15) is 40.8 Å². The van der Waals surface area contributed by atoms with Crippen molar-refractivity contribution in [1.82, 2.24) is 4.72 Å². The number of hydrogen-bond acceptors (Lipinski definition) is 2. The Morgan fingerprint density at radius 3 is 2.00 bits per heavy atom. The second-order valence-corrected chi connectivity index (χ2v) is 7.66. The van der Waals surface area contributed by atoms with Crippen LogP contribution >= 0.6 is 0 Å². The Hall–Kier alpha value is -1.65. The van der Waals surface area contributed by atoms with E-state index in [9.17, 15) is 8.42 Å². The van der Waals surface area contributed by atoms with Crippen LogP contribution in [0, 0.1) is 27.7 Å². The fraction of sp³-hybridized carbons (Fsp3) is 0.333. The number of nitrogens with one attached hydrogen (secondary N) is 1. The molecule has 0 saturated carbocycles. The zero-order chi connectivity index (χ0) is 16.5.